The summed E-state index contributed by atoms with van der Waals surface area (Å²) in [5.41, 5.74) is 12.4. The molecule has 0 aromatic heterocycles. The minimum Gasteiger partial charge on any atom is -0.406 e. The summed E-state index contributed by atoms with van der Waals surface area (Å²) in [6, 6.07) is 25.8. The molecule has 0 fully saturated rings. The SMILES string of the molecule is Cc1cccc(C)c1/N=C(/N/N=C/c1ccc(C2N=CN(c3ccc(OC(F)(F)F)cc3)N2)cc1)SCc1ccc(S(C)(=O)=O)cc1. The minimum atomic E-state index is -4.75. The molecule has 1 aliphatic rings. The van der Waals surface area contributed by atoms with E-state index < -0.39 is 16.2 Å². The summed E-state index contributed by atoms with van der Waals surface area (Å²) >= 11 is 1.45. The predicted octanol–water partition coefficient (Wildman–Crippen LogP) is 7.20. The fourth-order valence-electron chi connectivity index (χ4n) is 4.53. The summed E-state index contributed by atoms with van der Waals surface area (Å²) in [4.78, 5) is 9.58. The van der Waals surface area contributed by atoms with E-state index in [-0.39, 0.29) is 16.8 Å². The summed E-state index contributed by atoms with van der Waals surface area (Å²) < 4.78 is 64.9. The summed E-state index contributed by atoms with van der Waals surface area (Å²) in [6.07, 6.45) is -0.711. The van der Waals surface area contributed by atoms with Crippen molar-refractivity contribution in [1.82, 2.24) is 10.9 Å². The van der Waals surface area contributed by atoms with Crippen molar-refractivity contribution in [3.05, 3.63) is 119 Å². The molecule has 1 heterocycles. The van der Waals surface area contributed by atoms with Crippen LogP contribution in [0.1, 0.15) is 34.0 Å². The smallest absolute Gasteiger partial charge is 0.406 e. The molecule has 0 saturated carbocycles. The van der Waals surface area contributed by atoms with Crippen molar-refractivity contribution >= 4 is 50.7 Å². The number of para-hydroxylation sites is 1. The van der Waals surface area contributed by atoms with Gasteiger partial charge in [-0.25, -0.2) is 18.4 Å². The molecule has 9 nitrogen and oxygen atoms in total. The van der Waals surface area contributed by atoms with Crippen molar-refractivity contribution in [3.63, 3.8) is 0 Å². The van der Waals surface area contributed by atoms with Crippen LogP contribution < -0.4 is 20.6 Å². The standard InChI is InChI=1S/C33H31F3N6O3S2/c1-22-5-4-6-23(2)30(22)39-32(46-20-25-9-17-29(18-10-25)47(3,43)44)40-38-19-24-7-11-26(12-8-24)31-37-21-42(41-31)27-13-15-28(16-14-27)45-33(34,35)36/h4-19,21,31,41H,20H2,1-3H3,(H,39,40)/b38-19+. The van der Waals surface area contributed by atoms with Crippen LogP contribution in [0.5, 0.6) is 5.75 Å². The molecular formula is C33H31F3N6O3S2. The van der Waals surface area contributed by atoms with Gasteiger partial charge in [-0.3, -0.25) is 10.4 Å². The van der Waals surface area contributed by atoms with E-state index in [9.17, 15) is 21.6 Å². The van der Waals surface area contributed by atoms with Gasteiger partial charge in [0.1, 0.15) is 18.3 Å². The highest BCUT2D eigenvalue weighted by Gasteiger charge is 2.31. The lowest BCUT2D eigenvalue weighted by Crippen LogP contribution is -2.33. The maximum absolute atomic E-state index is 12.5. The van der Waals surface area contributed by atoms with E-state index in [4.69, 9.17) is 4.99 Å². The highest BCUT2D eigenvalue weighted by molar-refractivity contribution is 8.13. The van der Waals surface area contributed by atoms with E-state index in [1.54, 1.807) is 41.8 Å². The number of hydrogen-bond acceptors (Lipinski definition) is 9. The number of aryl methyl sites for hydroxylation is 2. The van der Waals surface area contributed by atoms with Crippen LogP contribution in [0.3, 0.4) is 0 Å². The number of hydrazine groups is 1. The van der Waals surface area contributed by atoms with Gasteiger partial charge in [-0.05, 0) is 78.1 Å². The fraction of sp³-hybridized carbons (Fsp3) is 0.182. The van der Waals surface area contributed by atoms with Crippen LogP contribution in [0.4, 0.5) is 24.5 Å². The highest BCUT2D eigenvalue weighted by atomic mass is 32.2. The van der Waals surface area contributed by atoms with Crippen molar-refractivity contribution in [1.29, 1.82) is 0 Å². The van der Waals surface area contributed by atoms with E-state index >= 15 is 0 Å². The zero-order valence-electron chi connectivity index (χ0n) is 25.6. The van der Waals surface area contributed by atoms with Crippen molar-refractivity contribution in [2.24, 2.45) is 15.1 Å². The third-order valence-electron chi connectivity index (χ3n) is 6.95. The molecule has 5 rings (SSSR count). The number of halogens is 3. The van der Waals surface area contributed by atoms with Crippen molar-refractivity contribution in [2.45, 2.75) is 37.0 Å². The van der Waals surface area contributed by atoms with Crippen LogP contribution in [0.2, 0.25) is 0 Å². The zero-order chi connectivity index (χ0) is 33.6. The average molecular weight is 681 g/mol. The Balaban J connectivity index is 1.22. The van der Waals surface area contributed by atoms with Gasteiger partial charge in [-0.1, -0.05) is 66.4 Å². The zero-order valence-corrected chi connectivity index (χ0v) is 27.2. The molecule has 1 atom stereocenters. The van der Waals surface area contributed by atoms with E-state index in [1.807, 2.05) is 56.3 Å². The molecule has 1 aliphatic heterocycles. The van der Waals surface area contributed by atoms with E-state index in [2.05, 4.69) is 25.7 Å². The first-order valence-corrected chi connectivity index (χ1v) is 17.1. The third kappa shape index (κ3) is 9.44. The van der Waals surface area contributed by atoms with Crippen LogP contribution in [-0.2, 0) is 15.6 Å². The third-order valence-corrected chi connectivity index (χ3v) is 9.01. The van der Waals surface area contributed by atoms with Crippen molar-refractivity contribution in [2.75, 3.05) is 11.3 Å². The number of rotatable bonds is 9. The molecule has 0 amide bonds. The molecular weight excluding hydrogens is 650 g/mol. The molecule has 0 aliphatic carbocycles. The first-order valence-electron chi connectivity index (χ1n) is 14.2. The molecule has 0 radical (unpaired) electrons. The minimum absolute atomic E-state index is 0.269. The number of hydrazone groups is 1. The average Bonchev–Trinajstić information content (AvgIpc) is 3.51. The van der Waals surface area contributed by atoms with Crippen LogP contribution in [0, 0.1) is 13.8 Å². The van der Waals surface area contributed by atoms with Crippen LogP contribution >= 0.6 is 11.8 Å². The maximum Gasteiger partial charge on any atom is 0.573 e. The Kier molecular flexibility index (Phi) is 10.3. The molecule has 0 saturated heterocycles. The van der Waals surface area contributed by atoms with Gasteiger partial charge in [-0.15, -0.1) is 13.2 Å². The number of hydrogen-bond donors (Lipinski definition) is 2. The second kappa shape index (κ2) is 14.4. The molecule has 244 valence electrons. The van der Waals surface area contributed by atoms with Gasteiger partial charge < -0.3 is 4.74 Å². The molecule has 0 spiro atoms. The van der Waals surface area contributed by atoms with E-state index in [0.717, 1.165) is 33.5 Å². The molecule has 2 N–H and O–H groups in total. The Morgan fingerprint density at radius 3 is 2.28 bits per heavy atom. The summed E-state index contributed by atoms with van der Waals surface area (Å²) in [6.45, 7) is 3.99. The van der Waals surface area contributed by atoms with Crippen LogP contribution in [0.25, 0.3) is 0 Å². The first kappa shape index (κ1) is 33.7. The molecule has 4 aromatic rings. The fourth-order valence-corrected chi connectivity index (χ4v) is 5.93. The number of thioether (sulfide) groups is 1. The summed E-state index contributed by atoms with van der Waals surface area (Å²) in [5, 5.41) is 6.62. The molecule has 1 unspecified atom stereocenters. The topological polar surface area (TPSA) is 108 Å². The Labute approximate surface area is 275 Å². The van der Waals surface area contributed by atoms with Gasteiger partial charge in [0.15, 0.2) is 15.0 Å². The number of amidine groups is 1. The van der Waals surface area contributed by atoms with Crippen molar-refractivity contribution < 1.29 is 26.3 Å². The van der Waals surface area contributed by atoms with Crippen molar-refractivity contribution in [3.8, 4) is 5.75 Å². The normalized spacial score (nSPS) is 15.4. The Hall–Kier alpha value is -4.66. The second-order valence-electron chi connectivity index (χ2n) is 10.6. The predicted molar refractivity (Wildman–Crippen MR) is 181 cm³/mol. The number of nitrogens with zero attached hydrogens (tertiary/aromatic N) is 4. The monoisotopic (exact) mass is 680 g/mol. The van der Waals surface area contributed by atoms with Gasteiger partial charge in [-0.2, -0.15) is 10.5 Å². The van der Waals surface area contributed by atoms with E-state index in [1.165, 1.54) is 42.3 Å². The molecule has 47 heavy (non-hydrogen) atoms. The second-order valence-corrected chi connectivity index (χ2v) is 13.6. The number of sulfone groups is 1. The maximum atomic E-state index is 12.5. The van der Waals surface area contributed by atoms with Crippen LogP contribution in [-0.4, -0.2) is 38.8 Å². The Morgan fingerprint density at radius 2 is 1.66 bits per heavy atom. The lowest BCUT2D eigenvalue weighted by molar-refractivity contribution is -0.274. The number of alkyl halides is 3. The van der Waals surface area contributed by atoms with Gasteiger partial charge in [0.05, 0.1) is 22.5 Å². The Bertz CT molecular complexity index is 1880. The van der Waals surface area contributed by atoms with Crippen LogP contribution in [0.15, 0.2) is 111 Å². The quantitative estimate of drug-likeness (QED) is 0.109. The summed E-state index contributed by atoms with van der Waals surface area (Å²) in [5.74, 6) is 0.242. The Morgan fingerprint density at radius 1 is 1.00 bits per heavy atom. The number of aliphatic imine (C=N–C) groups is 2. The van der Waals surface area contributed by atoms with Gasteiger partial charge >= 0.3 is 6.36 Å². The lowest BCUT2D eigenvalue weighted by atomic mass is 10.1. The van der Waals surface area contributed by atoms with Gasteiger partial charge in [0, 0.05) is 12.0 Å². The molecule has 14 heteroatoms. The molecule has 0 bridgehead atoms. The molecule has 4 aromatic carbocycles. The lowest BCUT2D eigenvalue weighted by Gasteiger charge is -2.18. The largest absolute Gasteiger partial charge is 0.573 e. The number of anilines is 1. The highest BCUT2D eigenvalue weighted by Crippen LogP contribution is 2.28. The van der Waals surface area contributed by atoms with E-state index in [0.29, 0.717) is 16.6 Å². The number of ether oxygens (including phenoxy) is 1. The first-order chi connectivity index (χ1) is 22.3. The number of nitrogens with one attached hydrogen (secondary N) is 2. The number of benzene rings is 4. The summed E-state index contributed by atoms with van der Waals surface area (Å²) in [7, 11) is -3.27. The van der Waals surface area contributed by atoms with Gasteiger partial charge in [0.2, 0.25) is 0 Å². The van der Waals surface area contributed by atoms with Gasteiger partial charge in [0.25, 0.3) is 0 Å².